The third kappa shape index (κ3) is 4.73. The fourth-order valence-electron chi connectivity index (χ4n) is 4.08. The normalized spacial score (nSPS) is 11.2. The number of carbonyl (C=O) groups is 1. The molecule has 1 amide bonds. The first-order chi connectivity index (χ1) is 17.4. The summed E-state index contributed by atoms with van der Waals surface area (Å²) in [6.07, 6.45) is 0. The fourth-order valence-corrected chi connectivity index (χ4v) is 4.70. The summed E-state index contributed by atoms with van der Waals surface area (Å²) >= 11 is 0.777. The molecule has 0 aliphatic heterocycles. The van der Waals surface area contributed by atoms with Gasteiger partial charge in [0.25, 0.3) is 5.88 Å². The van der Waals surface area contributed by atoms with Gasteiger partial charge >= 0.3 is 5.91 Å². The number of nitro groups is 1. The van der Waals surface area contributed by atoms with Crippen LogP contribution in [0.25, 0.3) is 22.0 Å². The second-order valence-electron chi connectivity index (χ2n) is 8.23. The molecule has 0 bridgehead atoms. The lowest BCUT2D eigenvalue weighted by Gasteiger charge is -2.11. The van der Waals surface area contributed by atoms with Crippen molar-refractivity contribution in [2.24, 2.45) is 0 Å². The predicted molar refractivity (Wildman–Crippen MR) is 126 cm³/mol. The van der Waals surface area contributed by atoms with Crippen molar-refractivity contribution >= 4 is 28.6 Å². The van der Waals surface area contributed by atoms with E-state index in [4.69, 9.17) is 0 Å². The third-order valence-electron chi connectivity index (χ3n) is 5.59. The summed E-state index contributed by atoms with van der Waals surface area (Å²) < 4.78 is 73.3. The van der Waals surface area contributed by atoms with Crippen molar-refractivity contribution in [1.82, 2.24) is 4.98 Å². The SMILES string of the molecule is Cc1cc(C)[n+](NC(=O)c2[nH]c3ccc(SC[N+](=O)[O-])cc3c2-c2c(F)c(F)c(F)c(F)c2F)c(C)c1. The average molecular weight is 537 g/mol. The molecule has 0 atom stereocenters. The number of aromatic nitrogens is 2. The van der Waals surface area contributed by atoms with E-state index in [9.17, 15) is 36.9 Å². The Hall–Kier alpha value is -4.00. The Kier molecular flexibility index (Phi) is 6.91. The second kappa shape index (κ2) is 9.81. The number of amides is 1. The monoisotopic (exact) mass is 537 g/mol. The molecule has 4 aromatic rings. The minimum atomic E-state index is -2.34. The second-order valence-corrected chi connectivity index (χ2v) is 9.24. The van der Waals surface area contributed by atoms with Crippen LogP contribution in [0.5, 0.6) is 0 Å². The zero-order valence-corrected chi connectivity index (χ0v) is 20.3. The highest BCUT2D eigenvalue weighted by molar-refractivity contribution is 7.99. The Morgan fingerprint density at radius 3 is 2.08 bits per heavy atom. The van der Waals surface area contributed by atoms with E-state index in [1.807, 2.05) is 6.92 Å². The molecular formula is C24H18F5N4O3S+. The molecule has 0 fully saturated rings. The summed E-state index contributed by atoms with van der Waals surface area (Å²) in [5.74, 6) is -12.4. The summed E-state index contributed by atoms with van der Waals surface area (Å²) in [5, 5.41) is 10.7. The maximum absolute atomic E-state index is 14.9. The number of pyridine rings is 1. The van der Waals surface area contributed by atoms with Crippen molar-refractivity contribution in [3.05, 3.63) is 92.2 Å². The van der Waals surface area contributed by atoms with Crippen LogP contribution in [0.4, 0.5) is 22.0 Å². The molecule has 13 heteroatoms. The van der Waals surface area contributed by atoms with Crippen LogP contribution >= 0.6 is 11.8 Å². The molecular weight excluding hydrogens is 519 g/mol. The zero-order valence-electron chi connectivity index (χ0n) is 19.5. The lowest BCUT2D eigenvalue weighted by Crippen LogP contribution is -2.53. The Bertz CT molecular complexity index is 1550. The number of thioether (sulfide) groups is 1. The summed E-state index contributed by atoms with van der Waals surface area (Å²) in [4.78, 5) is 26.5. The van der Waals surface area contributed by atoms with Crippen LogP contribution in [0.1, 0.15) is 27.4 Å². The lowest BCUT2D eigenvalue weighted by atomic mass is 9.99. The van der Waals surface area contributed by atoms with Crippen molar-refractivity contribution in [2.45, 2.75) is 25.7 Å². The van der Waals surface area contributed by atoms with Gasteiger partial charge in [-0.3, -0.25) is 14.9 Å². The number of aromatic amines is 1. The topological polar surface area (TPSA) is 91.9 Å². The van der Waals surface area contributed by atoms with E-state index in [1.54, 1.807) is 26.0 Å². The third-order valence-corrected chi connectivity index (χ3v) is 6.51. The summed E-state index contributed by atoms with van der Waals surface area (Å²) in [7, 11) is 0. The number of nitrogens with zero attached hydrogens (tertiary/aromatic N) is 2. The lowest BCUT2D eigenvalue weighted by molar-refractivity contribution is -0.654. The Morgan fingerprint density at radius 2 is 1.51 bits per heavy atom. The molecule has 0 saturated carbocycles. The highest BCUT2D eigenvalue weighted by atomic mass is 32.2. The van der Waals surface area contributed by atoms with Crippen LogP contribution in [0, 0.1) is 60.0 Å². The number of hydrogen-bond donors (Lipinski definition) is 2. The fraction of sp³-hybridized carbons (Fsp3) is 0.167. The van der Waals surface area contributed by atoms with Gasteiger partial charge in [0, 0.05) is 52.3 Å². The van der Waals surface area contributed by atoms with E-state index >= 15 is 0 Å². The van der Waals surface area contributed by atoms with Gasteiger partial charge in [0.05, 0.1) is 5.56 Å². The smallest absolute Gasteiger partial charge is 0.322 e. The quantitative estimate of drug-likeness (QED) is 0.0500. The molecule has 2 N–H and O–H groups in total. The maximum atomic E-state index is 14.9. The van der Waals surface area contributed by atoms with E-state index in [1.165, 1.54) is 22.9 Å². The highest BCUT2D eigenvalue weighted by Gasteiger charge is 2.32. The van der Waals surface area contributed by atoms with Crippen LogP contribution < -0.4 is 10.1 Å². The first kappa shape index (κ1) is 26.1. The van der Waals surface area contributed by atoms with Crippen LogP contribution in [0.2, 0.25) is 0 Å². The van der Waals surface area contributed by atoms with E-state index in [0.29, 0.717) is 11.4 Å². The summed E-state index contributed by atoms with van der Waals surface area (Å²) in [6, 6.07) is 7.66. The summed E-state index contributed by atoms with van der Waals surface area (Å²) in [5.41, 5.74) is 2.49. The molecule has 2 heterocycles. The van der Waals surface area contributed by atoms with Crippen molar-refractivity contribution in [1.29, 1.82) is 0 Å². The number of carbonyl (C=O) groups excluding carboxylic acids is 1. The number of halogens is 5. The number of hydrogen-bond acceptors (Lipinski definition) is 4. The van der Waals surface area contributed by atoms with Crippen LogP contribution in [0.15, 0.2) is 35.2 Å². The summed E-state index contributed by atoms with van der Waals surface area (Å²) in [6.45, 7) is 5.25. The van der Waals surface area contributed by atoms with Gasteiger partial charge in [-0.25, -0.2) is 22.0 Å². The minimum absolute atomic E-state index is 0.0657. The van der Waals surface area contributed by atoms with Crippen molar-refractivity contribution < 1.29 is 36.3 Å². The van der Waals surface area contributed by atoms with Gasteiger partial charge in [-0.2, -0.15) is 0 Å². The Labute approximate surface area is 210 Å². The molecule has 4 rings (SSSR count). The Morgan fingerprint density at radius 1 is 0.946 bits per heavy atom. The van der Waals surface area contributed by atoms with Gasteiger partial charge in [0.2, 0.25) is 17.2 Å². The molecule has 7 nitrogen and oxygen atoms in total. The molecule has 0 radical (unpaired) electrons. The van der Waals surface area contributed by atoms with Crippen molar-refractivity contribution in [3.8, 4) is 11.1 Å². The van der Waals surface area contributed by atoms with Crippen LogP contribution in [0.3, 0.4) is 0 Å². The van der Waals surface area contributed by atoms with E-state index in [0.717, 1.165) is 17.3 Å². The molecule has 0 unspecified atom stereocenters. The van der Waals surface area contributed by atoms with Gasteiger partial charge < -0.3 is 4.98 Å². The van der Waals surface area contributed by atoms with Gasteiger partial charge in [-0.05, 0) is 42.4 Å². The molecule has 192 valence electrons. The first-order valence-corrected chi connectivity index (χ1v) is 11.6. The molecule has 37 heavy (non-hydrogen) atoms. The molecule has 0 spiro atoms. The maximum Gasteiger partial charge on any atom is 0.322 e. The van der Waals surface area contributed by atoms with E-state index in [-0.39, 0.29) is 15.8 Å². The van der Waals surface area contributed by atoms with E-state index < -0.39 is 62.6 Å². The number of benzene rings is 2. The van der Waals surface area contributed by atoms with Crippen molar-refractivity contribution in [2.75, 3.05) is 11.3 Å². The molecule has 2 aromatic heterocycles. The number of H-pyrrole nitrogens is 1. The van der Waals surface area contributed by atoms with Gasteiger partial charge in [0.1, 0.15) is 5.69 Å². The minimum Gasteiger partial charge on any atom is -0.350 e. The number of rotatable bonds is 6. The van der Waals surface area contributed by atoms with Gasteiger partial charge in [-0.1, -0.05) is 4.68 Å². The number of nitrogens with one attached hydrogen (secondary N) is 2. The van der Waals surface area contributed by atoms with Gasteiger partial charge in [-0.15, -0.1) is 5.43 Å². The van der Waals surface area contributed by atoms with E-state index in [2.05, 4.69) is 10.4 Å². The number of fused-ring (bicyclic) bond motifs is 1. The molecule has 0 saturated heterocycles. The van der Waals surface area contributed by atoms with Crippen LogP contribution in [-0.4, -0.2) is 21.7 Å². The number of aryl methyl sites for hydroxylation is 3. The molecule has 0 aliphatic rings. The predicted octanol–water partition coefficient (Wildman–Crippen LogP) is 5.45. The molecule has 2 aromatic carbocycles. The van der Waals surface area contributed by atoms with Gasteiger partial charge in [0.15, 0.2) is 23.3 Å². The largest absolute Gasteiger partial charge is 0.350 e. The Balaban J connectivity index is 1.97. The molecule has 0 aliphatic carbocycles. The standard InChI is InChI=1S/C24H17F5N4O3S/c1-10-6-11(2)33(12(3)7-10)31-24(34)23-16(17-18(25)20(27)22(29)21(28)19(17)26)14-8-13(37-9-32(35)36)4-5-15(14)30-23/h4-8H,9H2,1-3H3,(H-,30,31,34)/p+1. The first-order valence-electron chi connectivity index (χ1n) is 10.6. The van der Waals surface area contributed by atoms with Crippen LogP contribution in [-0.2, 0) is 0 Å². The average Bonchev–Trinajstić information content (AvgIpc) is 3.21. The van der Waals surface area contributed by atoms with Crippen molar-refractivity contribution in [3.63, 3.8) is 0 Å². The zero-order chi connectivity index (χ0) is 27.2. The highest BCUT2D eigenvalue weighted by Crippen LogP contribution is 2.39.